The lowest BCUT2D eigenvalue weighted by Crippen LogP contribution is -2.44. The van der Waals surface area contributed by atoms with Gasteiger partial charge < -0.3 is 24.4 Å². The Kier molecular flexibility index (Phi) is 8.93. The molecule has 3 atom stereocenters. The number of hydrogen-bond acceptors (Lipinski definition) is 8. The second-order valence-electron chi connectivity index (χ2n) is 14.1. The van der Waals surface area contributed by atoms with E-state index in [4.69, 9.17) is 4.42 Å². The fourth-order valence-electron chi connectivity index (χ4n) is 7.84. The fraction of sp³-hybridized carbons (Fsp3) is 0.385. The molecule has 3 aromatic carbocycles. The summed E-state index contributed by atoms with van der Waals surface area (Å²) in [6, 6.07) is 19.2. The van der Waals surface area contributed by atoms with Crippen LogP contribution >= 0.6 is 0 Å². The molecular formula is C39H40FN7O4. The first kappa shape index (κ1) is 34.1. The molecule has 0 radical (unpaired) electrons. The SMILES string of the molecule is CN(C)C(=O)c1ccc2c(c1)CCc1cc(C(=O)N(C)C)ccc1C2(CCNCC(=O)N1[C@H](C#N)C[C@@H]2C[C@@H]21)c1nnc(-c2ccc(F)cc2)o1. The number of halogens is 1. The molecule has 2 fully saturated rings. The van der Waals surface area contributed by atoms with Crippen molar-refractivity contribution in [2.24, 2.45) is 5.92 Å². The summed E-state index contributed by atoms with van der Waals surface area (Å²) >= 11 is 0. The number of carbonyl (C=O) groups is 3. The van der Waals surface area contributed by atoms with Crippen LogP contribution in [-0.4, -0.2) is 96.0 Å². The van der Waals surface area contributed by atoms with E-state index in [1.165, 1.54) is 21.9 Å². The molecule has 1 aliphatic heterocycles. The normalized spacial score (nSPS) is 19.6. The molecule has 11 nitrogen and oxygen atoms in total. The summed E-state index contributed by atoms with van der Waals surface area (Å²) in [5.41, 5.74) is 4.16. The number of likely N-dealkylation sites (tertiary alicyclic amines) is 1. The Labute approximate surface area is 296 Å². The van der Waals surface area contributed by atoms with E-state index in [-0.39, 0.29) is 42.0 Å². The van der Waals surface area contributed by atoms with Crippen LogP contribution in [0.2, 0.25) is 0 Å². The van der Waals surface area contributed by atoms with Crippen molar-refractivity contribution in [2.45, 2.75) is 49.6 Å². The lowest BCUT2D eigenvalue weighted by molar-refractivity contribution is -0.131. The van der Waals surface area contributed by atoms with Crippen molar-refractivity contribution in [3.05, 3.63) is 106 Å². The van der Waals surface area contributed by atoms with Gasteiger partial charge in [0.15, 0.2) is 0 Å². The molecule has 3 aliphatic rings. The highest BCUT2D eigenvalue weighted by molar-refractivity contribution is 5.95. The maximum absolute atomic E-state index is 13.8. The van der Waals surface area contributed by atoms with E-state index in [0.717, 1.165) is 35.1 Å². The van der Waals surface area contributed by atoms with Gasteiger partial charge in [-0.3, -0.25) is 14.4 Å². The third kappa shape index (κ3) is 6.16. The van der Waals surface area contributed by atoms with E-state index >= 15 is 0 Å². The zero-order valence-corrected chi connectivity index (χ0v) is 29.1. The molecule has 1 saturated heterocycles. The largest absolute Gasteiger partial charge is 0.419 e. The Morgan fingerprint density at radius 2 is 1.53 bits per heavy atom. The Hall–Kier alpha value is -5.41. The Morgan fingerprint density at radius 1 is 0.922 bits per heavy atom. The molecule has 12 heteroatoms. The van der Waals surface area contributed by atoms with Crippen molar-refractivity contribution in [3.8, 4) is 17.5 Å². The van der Waals surface area contributed by atoms with Crippen molar-refractivity contribution >= 4 is 17.7 Å². The number of carbonyl (C=O) groups excluding carboxylic acids is 3. The van der Waals surface area contributed by atoms with Gasteiger partial charge in [0.2, 0.25) is 17.7 Å². The molecule has 0 bridgehead atoms. The van der Waals surface area contributed by atoms with Crippen LogP contribution in [-0.2, 0) is 23.1 Å². The summed E-state index contributed by atoms with van der Waals surface area (Å²) in [6.07, 6.45) is 3.21. The van der Waals surface area contributed by atoms with Crippen molar-refractivity contribution in [1.82, 2.24) is 30.2 Å². The van der Waals surface area contributed by atoms with Crippen LogP contribution in [0, 0.1) is 23.1 Å². The average Bonchev–Trinajstić information content (AvgIpc) is 3.56. The topological polar surface area (TPSA) is 136 Å². The molecule has 262 valence electrons. The Balaban J connectivity index is 1.33. The van der Waals surface area contributed by atoms with Gasteiger partial charge in [-0.15, -0.1) is 10.2 Å². The van der Waals surface area contributed by atoms with E-state index < -0.39 is 11.5 Å². The predicted molar refractivity (Wildman–Crippen MR) is 186 cm³/mol. The van der Waals surface area contributed by atoms with E-state index in [1.54, 1.807) is 57.4 Å². The van der Waals surface area contributed by atoms with Crippen LogP contribution in [0.1, 0.15) is 68.1 Å². The van der Waals surface area contributed by atoms with E-state index in [1.807, 2.05) is 24.3 Å². The van der Waals surface area contributed by atoms with Gasteiger partial charge >= 0.3 is 0 Å². The maximum Gasteiger partial charge on any atom is 0.253 e. The highest BCUT2D eigenvalue weighted by Crippen LogP contribution is 2.49. The predicted octanol–water partition coefficient (Wildman–Crippen LogP) is 4.20. The number of amides is 3. The first-order valence-electron chi connectivity index (χ1n) is 17.2. The van der Waals surface area contributed by atoms with Gasteiger partial charge in [-0.05, 0) is 115 Å². The van der Waals surface area contributed by atoms with Crippen LogP contribution in [0.4, 0.5) is 4.39 Å². The van der Waals surface area contributed by atoms with Crippen LogP contribution in [0.3, 0.4) is 0 Å². The van der Waals surface area contributed by atoms with Crippen LogP contribution in [0.25, 0.3) is 11.5 Å². The second-order valence-corrected chi connectivity index (χ2v) is 14.1. The average molecular weight is 690 g/mol. The summed E-state index contributed by atoms with van der Waals surface area (Å²) < 4.78 is 20.4. The number of nitrogens with one attached hydrogen (secondary N) is 1. The number of nitriles is 1. The number of aryl methyl sites for hydroxylation is 2. The van der Waals surface area contributed by atoms with Gasteiger partial charge in [0.1, 0.15) is 17.3 Å². The lowest BCUT2D eigenvalue weighted by Gasteiger charge is -2.34. The quantitative estimate of drug-likeness (QED) is 0.259. The third-order valence-corrected chi connectivity index (χ3v) is 10.5. The first-order valence-corrected chi connectivity index (χ1v) is 17.2. The van der Waals surface area contributed by atoms with E-state index in [0.29, 0.717) is 54.3 Å². The van der Waals surface area contributed by atoms with E-state index in [9.17, 15) is 24.0 Å². The highest BCUT2D eigenvalue weighted by atomic mass is 19.1. The zero-order chi connectivity index (χ0) is 36.0. The molecule has 1 aromatic heterocycles. The molecule has 7 rings (SSSR count). The monoisotopic (exact) mass is 689 g/mol. The fourth-order valence-corrected chi connectivity index (χ4v) is 7.84. The van der Waals surface area contributed by atoms with Gasteiger partial charge in [-0.1, -0.05) is 12.1 Å². The molecule has 1 N–H and O–H groups in total. The zero-order valence-electron chi connectivity index (χ0n) is 29.1. The van der Waals surface area contributed by atoms with Crippen molar-refractivity contribution in [3.63, 3.8) is 0 Å². The van der Waals surface area contributed by atoms with Gasteiger partial charge in [0.05, 0.1) is 12.6 Å². The van der Waals surface area contributed by atoms with Crippen LogP contribution in [0.5, 0.6) is 0 Å². The van der Waals surface area contributed by atoms with Crippen LogP contribution in [0.15, 0.2) is 65.1 Å². The maximum atomic E-state index is 13.8. The second kappa shape index (κ2) is 13.4. The highest BCUT2D eigenvalue weighted by Gasteiger charge is 2.54. The van der Waals surface area contributed by atoms with Crippen molar-refractivity contribution < 1.29 is 23.2 Å². The number of aromatic nitrogens is 2. The van der Waals surface area contributed by atoms with Gasteiger partial charge in [-0.25, -0.2) is 4.39 Å². The number of benzene rings is 3. The standard InChI is InChI=1S/C39H40FN7O4/c1-45(2)36(49)26-9-13-31-24(17-26)5-6-25-18-27(37(50)46(3)4)10-14-32(25)39(31,38-44-43-35(51-38)23-7-11-29(40)12-8-23)15-16-42-22-34(48)47-30(21-41)19-28-20-33(28)47/h7-14,17-18,28,30,33,42H,5-6,15-16,19-20,22H2,1-4H3/t28-,30+,33+/m1/s1. The summed E-state index contributed by atoms with van der Waals surface area (Å²) in [5, 5.41) is 22.1. The molecule has 2 heterocycles. The summed E-state index contributed by atoms with van der Waals surface area (Å²) in [5.74, 6) is 0.184. The van der Waals surface area contributed by atoms with Gasteiger partial charge in [0, 0.05) is 50.9 Å². The number of fused-ring (bicyclic) bond motifs is 3. The number of hydrogen-bond donors (Lipinski definition) is 1. The van der Waals surface area contributed by atoms with Crippen molar-refractivity contribution in [2.75, 3.05) is 41.3 Å². The number of rotatable bonds is 9. The smallest absolute Gasteiger partial charge is 0.253 e. The molecular weight excluding hydrogens is 649 g/mol. The molecule has 0 unspecified atom stereocenters. The minimum absolute atomic E-state index is 0.0639. The minimum Gasteiger partial charge on any atom is -0.419 e. The minimum atomic E-state index is -1.06. The molecule has 0 spiro atoms. The number of nitrogens with zero attached hydrogens (tertiary/aromatic N) is 6. The summed E-state index contributed by atoms with van der Waals surface area (Å²) in [7, 11) is 6.85. The lowest BCUT2D eigenvalue weighted by atomic mass is 9.69. The molecule has 1 saturated carbocycles. The van der Waals surface area contributed by atoms with Crippen LogP contribution < -0.4 is 5.32 Å². The summed E-state index contributed by atoms with van der Waals surface area (Å²) in [6.45, 7) is 0.420. The molecule has 3 amide bonds. The Bertz CT molecular complexity index is 1980. The first-order chi connectivity index (χ1) is 24.5. The molecule has 4 aromatic rings. The third-order valence-electron chi connectivity index (χ3n) is 10.5. The number of piperidine rings is 1. The van der Waals surface area contributed by atoms with Crippen molar-refractivity contribution in [1.29, 1.82) is 5.26 Å². The Morgan fingerprint density at radius 3 is 2.10 bits per heavy atom. The van der Waals surface area contributed by atoms with E-state index in [2.05, 4.69) is 21.6 Å². The molecule has 51 heavy (non-hydrogen) atoms. The van der Waals surface area contributed by atoms with Gasteiger partial charge in [0.25, 0.3) is 11.8 Å². The van der Waals surface area contributed by atoms with Gasteiger partial charge in [-0.2, -0.15) is 5.26 Å². The molecule has 2 aliphatic carbocycles. The summed E-state index contributed by atoms with van der Waals surface area (Å²) in [4.78, 5) is 44.5.